The Labute approximate surface area is 132 Å². The summed E-state index contributed by atoms with van der Waals surface area (Å²) in [7, 11) is 0. The lowest BCUT2D eigenvalue weighted by Crippen LogP contribution is -2.02. The number of imidazole rings is 1. The fourth-order valence-corrected chi connectivity index (χ4v) is 2.83. The van der Waals surface area contributed by atoms with Crippen LogP contribution in [0.3, 0.4) is 0 Å². The molecule has 0 radical (unpaired) electrons. The van der Waals surface area contributed by atoms with Gasteiger partial charge in [-0.05, 0) is 42.8 Å². The molecule has 0 atom stereocenters. The molecule has 0 spiro atoms. The molecule has 0 aliphatic carbocycles. The fourth-order valence-electron chi connectivity index (χ4n) is 2.45. The number of fused-ring (bicyclic) bond motifs is 1. The van der Waals surface area contributed by atoms with Gasteiger partial charge in [0.1, 0.15) is 11.6 Å². The molecular formula is C16H13Cl2FN2. The van der Waals surface area contributed by atoms with E-state index in [-0.39, 0.29) is 5.82 Å². The fraction of sp³-hybridized carbons (Fsp3) is 0.188. The van der Waals surface area contributed by atoms with Crippen molar-refractivity contribution in [1.29, 1.82) is 0 Å². The first-order valence-electron chi connectivity index (χ1n) is 6.59. The SMILES string of the molecule is Cc1ccc2c(c1)nc(CCCl)n2-c1cc(F)cc(Cl)c1. The standard InChI is InChI=1S/C16H13Cl2FN2/c1-10-2-3-15-14(6-10)20-16(4-5-17)21(15)13-8-11(18)7-12(19)9-13/h2-3,6-9H,4-5H2,1H3. The van der Waals surface area contributed by atoms with Crippen LogP contribution in [0.15, 0.2) is 36.4 Å². The highest BCUT2D eigenvalue weighted by molar-refractivity contribution is 6.30. The van der Waals surface area contributed by atoms with Crippen LogP contribution in [0, 0.1) is 12.7 Å². The van der Waals surface area contributed by atoms with Crippen LogP contribution in [0.25, 0.3) is 16.7 Å². The maximum Gasteiger partial charge on any atom is 0.126 e. The number of benzene rings is 2. The van der Waals surface area contributed by atoms with E-state index in [4.69, 9.17) is 23.2 Å². The third-order valence-corrected chi connectivity index (χ3v) is 3.71. The molecular weight excluding hydrogens is 310 g/mol. The predicted molar refractivity (Wildman–Crippen MR) is 85.2 cm³/mol. The summed E-state index contributed by atoms with van der Waals surface area (Å²) in [4.78, 5) is 4.61. The Hall–Kier alpha value is -1.58. The first-order chi connectivity index (χ1) is 10.1. The van der Waals surface area contributed by atoms with Gasteiger partial charge in [0, 0.05) is 17.3 Å². The van der Waals surface area contributed by atoms with Crippen LogP contribution < -0.4 is 0 Å². The lowest BCUT2D eigenvalue weighted by molar-refractivity contribution is 0.626. The molecule has 3 aromatic rings. The van der Waals surface area contributed by atoms with Gasteiger partial charge in [-0.15, -0.1) is 11.6 Å². The van der Waals surface area contributed by atoms with Crippen molar-refractivity contribution in [2.45, 2.75) is 13.3 Å². The molecule has 3 rings (SSSR count). The molecule has 0 unspecified atom stereocenters. The second-order valence-corrected chi connectivity index (χ2v) is 5.74. The van der Waals surface area contributed by atoms with Gasteiger partial charge >= 0.3 is 0 Å². The minimum atomic E-state index is -0.372. The van der Waals surface area contributed by atoms with E-state index in [1.807, 2.05) is 29.7 Å². The molecule has 0 amide bonds. The second kappa shape index (κ2) is 5.66. The van der Waals surface area contributed by atoms with E-state index < -0.39 is 0 Å². The Morgan fingerprint density at radius 3 is 2.71 bits per heavy atom. The highest BCUT2D eigenvalue weighted by Gasteiger charge is 2.13. The minimum absolute atomic E-state index is 0.357. The van der Waals surface area contributed by atoms with Crippen LogP contribution in [-0.4, -0.2) is 15.4 Å². The molecule has 0 saturated heterocycles. The zero-order valence-electron chi connectivity index (χ0n) is 11.4. The predicted octanol–water partition coefficient (Wildman–Crippen LogP) is 4.91. The molecule has 0 aliphatic heterocycles. The number of halogens is 3. The van der Waals surface area contributed by atoms with E-state index in [2.05, 4.69) is 4.98 Å². The van der Waals surface area contributed by atoms with E-state index in [9.17, 15) is 4.39 Å². The number of rotatable bonds is 3. The Morgan fingerprint density at radius 1 is 1.19 bits per heavy atom. The van der Waals surface area contributed by atoms with E-state index in [1.165, 1.54) is 12.1 Å². The first kappa shape index (κ1) is 14.4. The van der Waals surface area contributed by atoms with Gasteiger partial charge in [-0.2, -0.15) is 0 Å². The number of nitrogens with zero attached hydrogens (tertiary/aromatic N) is 2. The van der Waals surface area contributed by atoms with Crippen molar-refractivity contribution in [3.8, 4) is 5.69 Å². The molecule has 1 aromatic heterocycles. The number of aromatic nitrogens is 2. The maximum absolute atomic E-state index is 13.7. The molecule has 5 heteroatoms. The number of aryl methyl sites for hydroxylation is 2. The summed E-state index contributed by atoms with van der Waals surface area (Å²) in [6.45, 7) is 2.01. The van der Waals surface area contributed by atoms with E-state index >= 15 is 0 Å². The zero-order chi connectivity index (χ0) is 15.0. The summed E-state index contributed by atoms with van der Waals surface area (Å²) in [5.74, 6) is 0.876. The maximum atomic E-state index is 13.7. The normalized spacial score (nSPS) is 11.2. The van der Waals surface area contributed by atoms with Gasteiger partial charge in [0.2, 0.25) is 0 Å². The summed E-state index contributed by atoms with van der Waals surface area (Å²) < 4.78 is 15.6. The first-order valence-corrected chi connectivity index (χ1v) is 7.50. The van der Waals surface area contributed by atoms with E-state index in [1.54, 1.807) is 6.07 Å². The number of hydrogen-bond acceptors (Lipinski definition) is 1. The van der Waals surface area contributed by atoms with Crippen LogP contribution >= 0.6 is 23.2 Å². The molecule has 21 heavy (non-hydrogen) atoms. The third kappa shape index (κ3) is 2.76. The average molecular weight is 323 g/mol. The number of alkyl halides is 1. The molecule has 0 fully saturated rings. The van der Waals surface area contributed by atoms with Gasteiger partial charge < -0.3 is 0 Å². The molecule has 2 nitrogen and oxygen atoms in total. The Kier molecular flexibility index (Phi) is 3.87. The van der Waals surface area contributed by atoms with Gasteiger partial charge in [-0.25, -0.2) is 9.37 Å². The van der Waals surface area contributed by atoms with Crippen LogP contribution in [0.5, 0.6) is 0 Å². The number of hydrogen-bond donors (Lipinski definition) is 0. The Bertz CT molecular complexity index is 791. The summed E-state index contributed by atoms with van der Waals surface area (Å²) in [5, 5.41) is 0.357. The molecule has 0 N–H and O–H groups in total. The Morgan fingerprint density at radius 2 is 2.00 bits per heavy atom. The molecule has 0 aliphatic rings. The van der Waals surface area contributed by atoms with Gasteiger partial charge in [0.25, 0.3) is 0 Å². The van der Waals surface area contributed by atoms with Crippen LogP contribution in [0.2, 0.25) is 5.02 Å². The highest BCUT2D eigenvalue weighted by atomic mass is 35.5. The largest absolute Gasteiger partial charge is 0.296 e. The Balaban J connectivity index is 2.30. The molecule has 1 heterocycles. The average Bonchev–Trinajstić information content (AvgIpc) is 2.75. The monoisotopic (exact) mass is 322 g/mol. The lowest BCUT2D eigenvalue weighted by Gasteiger charge is -2.09. The van der Waals surface area contributed by atoms with Crippen LogP contribution in [0.1, 0.15) is 11.4 Å². The summed E-state index contributed by atoms with van der Waals surface area (Å²) in [5.41, 5.74) is 3.58. The minimum Gasteiger partial charge on any atom is -0.296 e. The topological polar surface area (TPSA) is 17.8 Å². The highest BCUT2D eigenvalue weighted by Crippen LogP contribution is 2.25. The van der Waals surface area contributed by atoms with Gasteiger partial charge in [-0.1, -0.05) is 17.7 Å². The molecule has 108 valence electrons. The molecule has 2 aromatic carbocycles. The second-order valence-electron chi connectivity index (χ2n) is 4.92. The summed E-state index contributed by atoms with van der Waals surface area (Å²) in [6.07, 6.45) is 0.601. The quantitative estimate of drug-likeness (QED) is 0.626. The van der Waals surface area contributed by atoms with Crippen molar-refractivity contribution < 1.29 is 4.39 Å². The van der Waals surface area contributed by atoms with Gasteiger partial charge in [0.15, 0.2) is 0 Å². The van der Waals surface area contributed by atoms with Gasteiger partial charge in [-0.3, -0.25) is 4.57 Å². The molecule has 0 saturated carbocycles. The van der Waals surface area contributed by atoms with E-state index in [0.29, 0.717) is 23.0 Å². The van der Waals surface area contributed by atoms with Crippen molar-refractivity contribution in [3.05, 3.63) is 58.6 Å². The van der Waals surface area contributed by atoms with E-state index in [0.717, 1.165) is 22.4 Å². The van der Waals surface area contributed by atoms with Crippen molar-refractivity contribution in [1.82, 2.24) is 9.55 Å². The van der Waals surface area contributed by atoms with Crippen LogP contribution in [0.4, 0.5) is 4.39 Å². The van der Waals surface area contributed by atoms with Crippen molar-refractivity contribution >= 4 is 34.2 Å². The summed E-state index contributed by atoms with van der Waals surface area (Å²) >= 11 is 11.8. The summed E-state index contributed by atoms with van der Waals surface area (Å²) in [6, 6.07) is 10.5. The molecule has 0 bridgehead atoms. The zero-order valence-corrected chi connectivity index (χ0v) is 12.9. The lowest BCUT2D eigenvalue weighted by atomic mass is 10.2. The van der Waals surface area contributed by atoms with Crippen molar-refractivity contribution in [2.75, 3.05) is 5.88 Å². The van der Waals surface area contributed by atoms with Crippen molar-refractivity contribution in [2.24, 2.45) is 0 Å². The van der Waals surface area contributed by atoms with Crippen LogP contribution in [-0.2, 0) is 6.42 Å². The smallest absolute Gasteiger partial charge is 0.126 e. The third-order valence-electron chi connectivity index (χ3n) is 3.30. The van der Waals surface area contributed by atoms with Crippen molar-refractivity contribution in [3.63, 3.8) is 0 Å². The van der Waals surface area contributed by atoms with Gasteiger partial charge in [0.05, 0.1) is 16.7 Å².